The highest BCUT2D eigenvalue weighted by Gasteiger charge is 2.29. The molecule has 0 radical (unpaired) electrons. The van der Waals surface area contributed by atoms with E-state index in [4.69, 9.17) is 0 Å². The largest absolute Gasteiger partial charge is 0.340 e. The summed E-state index contributed by atoms with van der Waals surface area (Å²) in [7, 11) is -3.37. The maximum absolute atomic E-state index is 12.7. The van der Waals surface area contributed by atoms with E-state index in [9.17, 15) is 13.2 Å². The van der Waals surface area contributed by atoms with Crippen LogP contribution in [0.4, 0.5) is 0 Å². The van der Waals surface area contributed by atoms with Crippen LogP contribution in [0.1, 0.15) is 16.7 Å². The first-order chi connectivity index (χ1) is 12.5. The Kier molecular flexibility index (Phi) is 5.74. The third kappa shape index (κ3) is 4.51. The van der Waals surface area contributed by atoms with E-state index in [0.717, 1.165) is 16.7 Å². The van der Waals surface area contributed by atoms with Crippen molar-refractivity contribution in [2.75, 3.05) is 26.2 Å². The first-order valence-electron chi connectivity index (χ1n) is 8.80. The lowest BCUT2D eigenvalue weighted by molar-refractivity contribution is -0.131. The first kappa shape index (κ1) is 18.6. The molecule has 1 fully saturated rings. The third-order valence-corrected chi connectivity index (χ3v) is 6.61. The van der Waals surface area contributed by atoms with Gasteiger partial charge in [0.15, 0.2) is 0 Å². The van der Waals surface area contributed by atoms with Crippen molar-refractivity contribution in [3.05, 3.63) is 71.3 Å². The summed E-state index contributed by atoms with van der Waals surface area (Å²) in [6.45, 7) is 3.52. The van der Waals surface area contributed by atoms with Crippen LogP contribution in [0, 0.1) is 6.92 Å². The van der Waals surface area contributed by atoms with Gasteiger partial charge in [-0.3, -0.25) is 4.79 Å². The lowest BCUT2D eigenvalue weighted by Crippen LogP contribution is -2.51. The molecule has 0 atom stereocenters. The van der Waals surface area contributed by atoms with Crippen LogP contribution < -0.4 is 0 Å². The van der Waals surface area contributed by atoms with Crippen LogP contribution in [0.2, 0.25) is 0 Å². The second-order valence-electron chi connectivity index (χ2n) is 6.62. The number of carbonyl (C=O) groups excluding carboxylic acids is 1. The zero-order valence-electron chi connectivity index (χ0n) is 15.0. The van der Waals surface area contributed by atoms with Crippen molar-refractivity contribution in [3.63, 3.8) is 0 Å². The van der Waals surface area contributed by atoms with Crippen LogP contribution in [-0.2, 0) is 27.0 Å². The monoisotopic (exact) mass is 372 g/mol. The predicted octanol–water partition coefficient (Wildman–Crippen LogP) is 2.21. The predicted molar refractivity (Wildman–Crippen MR) is 102 cm³/mol. The first-order valence-corrected chi connectivity index (χ1v) is 10.4. The molecular formula is C20H24N2O3S. The molecule has 1 heterocycles. The molecule has 0 N–H and O–H groups in total. The number of sulfonamides is 1. The Bertz CT molecular complexity index is 858. The third-order valence-electron chi connectivity index (χ3n) is 4.78. The minimum atomic E-state index is -3.37. The second kappa shape index (κ2) is 8.01. The van der Waals surface area contributed by atoms with Crippen molar-refractivity contribution in [1.29, 1.82) is 0 Å². The number of hydrogen-bond donors (Lipinski definition) is 0. The maximum Gasteiger partial charge on any atom is 0.227 e. The number of nitrogens with zero attached hydrogens (tertiary/aromatic N) is 2. The van der Waals surface area contributed by atoms with Gasteiger partial charge in [-0.1, -0.05) is 54.6 Å². The summed E-state index contributed by atoms with van der Waals surface area (Å²) in [5, 5.41) is 0. The van der Waals surface area contributed by atoms with Gasteiger partial charge in [-0.15, -0.1) is 0 Å². The van der Waals surface area contributed by atoms with Crippen LogP contribution in [0.5, 0.6) is 0 Å². The zero-order valence-corrected chi connectivity index (χ0v) is 15.8. The molecule has 2 aromatic carbocycles. The fraction of sp³-hybridized carbons (Fsp3) is 0.350. The van der Waals surface area contributed by atoms with Crippen LogP contribution in [0.25, 0.3) is 0 Å². The van der Waals surface area contributed by atoms with Crippen molar-refractivity contribution >= 4 is 15.9 Å². The average Bonchev–Trinajstić information content (AvgIpc) is 2.64. The van der Waals surface area contributed by atoms with Crippen molar-refractivity contribution in [1.82, 2.24) is 9.21 Å². The molecule has 1 aliphatic rings. The van der Waals surface area contributed by atoms with Gasteiger partial charge in [0.05, 0.1) is 12.2 Å². The molecule has 1 amide bonds. The quantitative estimate of drug-likeness (QED) is 0.809. The van der Waals surface area contributed by atoms with Gasteiger partial charge >= 0.3 is 0 Å². The highest BCUT2D eigenvalue weighted by atomic mass is 32.2. The molecule has 0 aromatic heterocycles. The fourth-order valence-electron chi connectivity index (χ4n) is 3.16. The van der Waals surface area contributed by atoms with Gasteiger partial charge in [0, 0.05) is 26.2 Å². The number of amides is 1. The Morgan fingerprint density at radius 1 is 0.923 bits per heavy atom. The average molecular weight is 372 g/mol. The Balaban J connectivity index is 1.57. The molecule has 1 saturated heterocycles. The molecule has 0 aliphatic carbocycles. The van der Waals surface area contributed by atoms with Crippen molar-refractivity contribution in [2.24, 2.45) is 0 Å². The number of rotatable bonds is 5. The molecule has 2 aromatic rings. The maximum atomic E-state index is 12.7. The van der Waals surface area contributed by atoms with E-state index in [1.165, 1.54) is 4.31 Å². The van der Waals surface area contributed by atoms with Crippen LogP contribution in [-0.4, -0.2) is 49.7 Å². The van der Waals surface area contributed by atoms with Gasteiger partial charge in [-0.05, 0) is 23.6 Å². The normalized spacial score (nSPS) is 15.8. The lowest BCUT2D eigenvalue weighted by Gasteiger charge is -2.34. The van der Waals surface area contributed by atoms with Gasteiger partial charge in [0.2, 0.25) is 15.9 Å². The SMILES string of the molecule is Cc1ccccc1CS(=O)(=O)N1CCN(C(=O)Cc2ccccc2)CC1. The summed E-state index contributed by atoms with van der Waals surface area (Å²) in [5.74, 6) is 0.0598. The summed E-state index contributed by atoms with van der Waals surface area (Å²) in [4.78, 5) is 14.2. The van der Waals surface area contributed by atoms with E-state index >= 15 is 0 Å². The van der Waals surface area contributed by atoms with Crippen LogP contribution >= 0.6 is 0 Å². The molecule has 6 heteroatoms. The molecular weight excluding hydrogens is 348 g/mol. The molecule has 138 valence electrons. The van der Waals surface area contributed by atoms with Gasteiger partial charge in [-0.25, -0.2) is 8.42 Å². The smallest absolute Gasteiger partial charge is 0.227 e. The number of aryl methyl sites for hydroxylation is 1. The summed E-state index contributed by atoms with van der Waals surface area (Å²) in [6, 6.07) is 17.2. The molecule has 1 aliphatic heterocycles. The minimum Gasteiger partial charge on any atom is -0.340 e. The zero-order chi connectivity index (χ0) is 18.6. The number of carbonyl (C=O) groups is 1. The van der Waals surface area contributed by atoms with E-state index in [-0.39, 0.29) is 11.7 Å². The van der Waals surface area contributed by atoms with E-state index in [0.29, 0.717) is 32.6 Å². The standard InChI is InChI=1S/C20H24N2O3S/c1-17-7-5-6-10-19(17)16-26(24,25)22-13-11-21(12-14-22)20(23)15-18-8-3-2-4-9-18/h2-10H,11-16H2,1H3. The molecule has 0 bridgehead atoms. The van der Waals surface area contributed by atoms with Crippen molar-refractivity contribution in [3.8, 4) is 0 Å². The summed E-state index contributed by atoms with van der Waals surface area (Å²) in [6.07, 6.45) is 0.358. The molecule has 0 unspecified atom stereocenters. The van der Waals surface area contributed by atoms with E-state index in [2.05, 4.69) is 0 Å². The minimum absolute atomic E-state index is 0.0115. The summed E-state index contributed by atoms with van der Waals surface area (Å²) in [5.41, 5.74) is 2.79. The summed E-state index contributed by atoms with van der Waals surface area (Å²) >= 11 is 0. The Morgan fingerprint density at radius 2 is 1.54 bits per heavy atom. The van der Waals surface area contributed by atoms with Crippen LogP contribution in [0.3, 0.4) is 0 Å². The molecule has 26 heavy (non-hydrogen) atoms. The van der Waals surface area contributed by atoms with E-state index < -0.39 is 10.0 Å². The number of benzene rings is 2. The van der Waals surface area contributed by atoms with Gasteiger partial charge in [0.1, 0.15) is 0 Å². The second-order valence-corrected chi connectivity index (χ2v) is 8.59. The topological polar surface area (TPSA) is 57.7 Å². The highest BCUT2D eigenvalue weighted by Crippen LogP contribution is 2.17. The van der Waals surface area contributed by atoms with E-state index in [1.54, 1.807) is 4.90 Å². The van der Waals surface area contributed by atoms with Crippen molar-refractivity contribution < 1.29 is 13.2 Å². The Morgan fingerprint density at radius 3 is 2.19 bits per heavy atom. The fourth-order valence-corrected chi connectivity index (χ4v) is 4.78. The van der Waals surface area contributed by atoms with Gasteiger partial charge < -0.3 is 4.90 Å². The molecule has 3 rings (SSSR count). The number of piperazine rings is 1. The summed E-state index contributed by atoms with van der Waals surface area (Å²) < 4.78 is 26.9. The molecule has 0 spiro atoms. The van der Waals surface area contributed by atoms with Gasteiger partial charge in [-0.2, -0.15) is 4.31 Å². The Hall–Kier alpha value is -2.18. The Labute approximate surface area is 155 Å². The molecule has 5 nitrogen and oxygen atoms in total. The highest BCUT2D eigenvalue weighted by molar-refractivity contribution is 7.88. The van der Waals surface area contributed by atoms with E-state index in [1.807, 2.05) is 61.5 Å². The van der Waals surface area contributed by atoms with Gasteiger partial charge in [0.25, 0.3) is 0 Å². The molecule has 0 saturated carbocycles. The lowest BCUT2D eigenvalue weighted by atomic mass is 10.1. The number of hydrogen-bond acceptors (Lipinski definition) is 3. The van der Waals surface area contributed by atoms with Crippen LogP contribution in [0.15, 0.2) is 54.6 Å². The van der Waals surface area contributed by atoms with Crippen molar-refractivity contribution in [2.45, 2.75) is 19.1 Å².